The average Bonchev–Trinajstić information content (AvgIpc) is 2.83. The van der Waals surface area contributed by atoms with E-state index in [1.807, 2.05) is 13.0 Å². The van der Waals surface area contributed by atoms with Gasteiger partial charge in [0.15, 0.2) is 5.82 Å². The van der Waals surface area contributed by atoms with Crippen molar-refractivity contribution in [1.82, 2.24) is 9.78 Å². The molecule has 2 aromatic rings. The van der Waals surface area contributed by atoms with Crippen LogP contribution in [0, 0.1) is 11.3 Å². The van der Waals surface area contributed by atoms with Gasteiger partial charge in [-0.3, -0.25) is 0 Å². The highest BCUT2D eigenvalue weighted by molar-refractivity contribution is 5.99. The number of nitrogens with one attached hydrogen (secondary N) is 1. The van der Waals surface area contributed by atoms with Gasteiger partial charge >= 0.3 is 5.97 Å². The summed E-state index contributed by atoms with van der Waals surface area (Å²) < 4.78 is 6.14. The number of carbonyl (C=O) groups is 1. The molecule has 0 aliphatic heterocycles. The highest BCUT2D eigenvalue weighted by Gasteiger charge is 2.23. The van der Waals surface area contributed by atoms with Crippen LogP contribution < -0.4 is 11.1 Å². The number of nitrogen functional groups attached to an aromatic ring is 1. The van der Waals surface area contributed by atoms with Crippen molar-refractivity contribution >= 4 is 17.6 Å². The van der Waals surface area contributed by atoms with E-state index in [2.05, 4.69) is 10.4 Å². The van der Waals surface area contributed by atoms with E-state index in [-0.39, 0.29) is 11.4 Å². The third-order valence-corrected chi connectivity index (χ3v) is 2.87. The van der Waals surface area contributed by atoms with Gasteiger partial charge in [0.05, 0.1) is 24.4 Å². The Hall–Kier alpha value is -3.01. The van der Waals surface area contributed by atoms with E-state index in [9.17, 15) is 4.79 Å². The van der Waals surface area contributed by atoms with E-state index in [0.29, 0.717) is 23.6 Å². The van der Waals surface area contributed by atoms with Crippen molar-refractivity contribution < 1.29 is 9.53 Å². The van der Waals surface area contributed by atoms with E-state index >= 15 is 0 Å². The molecule has 3 N–H and O–H groups in total. The Morgan fingerprint density at radius 2 is 2.33 bits per heavy atom. The maximum Gasteiger partial charge on any atom is 0.345 e. The first kappa shape index (κ1) is 14.4. The molecular weight excluding hydrogens is 270 g/mol. The highest BCUT2D eigenvalue weighted by Crippen LogP contribution is 2.26. The zero-order valence-electron chi connectivity index (χ0n) is 11.8. The first-order valence-electron chi connectivity index (χ1n) is 6.33. The van der Waals surface area contributed by atoms with Gasteiger partial charge in [0.25, 0.3) is 0 Å². The largest absolute Gasteiger partial charge is 0.465 e. The van der Waals surface area contributed by atoms with Gasteiger partial charge in [0.1, 0.15) is 11.4 Å². The fourth-order valence-corrected chi connectivity index (χ4v) is 1.93. The number of aromatic nitrogens is 2. The first-order chi connectivity index (χ1) is 10.1. The van der Waals surface area contributed by atoms with Crippen molar-refractivity contribution in [1.29, 1.82) is 5.26 Å². The lowest BCUT2D eigenvalue weighted by Crippen LogP contribution is -2.09. The van der Waals surface area contributed by atoms with E-state index in [1.165, 1.54) is 11.8 Å². The molecule has 0 atom stereocenters. The van der Waals surface area contributed by atoms with Crippen molar-refractivity contribution in [2.45, 2.75) is 6.92 Å². The fraction of sp³-hybridized carbons (Fsp3) is 0.214. The Morgan fingerprint density at radius 3 is 2.95 bits per heavy atom. The van der Waals surface area contributed by atoms with Crippen molar-refractivity contribution in [2.24, 2.45) is 0 Å². The molecule has 0 aliphatic rings. The second-order valence-corrected chi connectivity index (χ2v) is 4.20. The van der Waals surface area contributed by atoms with Crippen LogP contribution in [-0.4, -0.2) is 29.4 Å². The monoisotopic (exact) mass is 285 g/mol. The van der Waals surface area contributed by atoms with Crippen LogP contribution in [0.4, 0.5) is 11.6 Å². The van der Waals surface area contributed by atoms with Gasteiger partial charge in [0, 0.05) is 6.54 Å². The Morgan fingerprint density at radius 1 is 1.57 bits per heavy atom. The Kier molecular flexibility index (Phi) is 4.09. The minimum Gasteiger partial charge on any atom is -0.465 e. The summed E-state index contributed by atoms with van der Waals surface area (Å²) in [6, 6.07) is 8.84. The molecule has 7 nitrogen and oxygen atoms in total. The molecule has 0 saturated heterocycles. The lowest BCUT2D eigenvalue weighted by molar-refractivity contribution is 0.0603. The summed E-state index contributed by atoms with van der Waals surface area (Å²) >= 11 is 0. The fourth-order valence-electron chi connectivity index (χ4n) is 1.93. The van der Waals surface area contributed by atoms with Crippen molar-refractivity contribution in [2.75, 3.05) is 24.7 Å². The number of hydrogen-bond acceptors (Lipinski definition) is 6. The SMILES string of the molecule is CCNc1nn(-c2cccc(C#N)c2)c(N)c1C(=O)OC. The van der Waals surface area contributed by atoms with Gasteiger partial charge in [-0.05, 0) is 25.1 Å². The maximum atomic E-state index is 11.8. The van der Waals surface area contributed by atoms with Crippen LogP contribution >= 0.6 is 0 Å². The molecule has 0 aliphatic carbocycles. The summed E-state index contributed by atoms with van der Waals surface area (Å²) in [5, 5.41) is 16.2. The van der Waals surface area contributed by atoms with E-state index in [4.69, 9.17) is 15.7 Å². The summed E-state index contributed by atoms with van der Waals surface area (Å²) in [6.45, 7) is 2.46. The molecule has 0 fully saturated rings. The summed E-state index contributed by atoms with van der Waals surface area (Å²) in [6.07, 6.45) is 0. The van der Waals surface area contributed by atoms with Crippen LogP contribution in [0.1, 0.15) is 22.8 Å². The molecule has 21 heavy (non-hydrogen) atoms. The van der Waals surface area contributed by atoms with Crippen LogP contribution in [0.5, 0.6) is 0 Å². The molecule has 0 bridgehead atoms. The van der Waals surface area contributed by atoms with Gasteiger partial charge in [-0.2, -0.15) is 5.26 Å². The lowest BCUT2D eigenvalue weighted by atomic mass is 10.2. The van der Waals surface area contributed by atoms with Crippen LogP contribution in [0.2, 0.25) is 0 Å². The van der Waals surface area contributed by atoms with Gasteiger partial charge in [-0.25, -0.2) is 9.48 Å². The Bertz CT molecular complexity index is 715. The molecule has 0 unspecified atom stereocenters. The number of nitrogens with zero attached hydrogens (tertiary/aromatic N) is 3. The summed E-state index contributed by atoms with van der Waals surface area (Å²) in [5.41, 5.74) is 7.27. The molecule has 2 rings (SSSR count). The smallest absolute Gasteiger partial charge is 0.345 e. The number of nitriles is 1. The number of ether oxygens (including phenoxy) is 1. The predicted molar refractivity (Wildman–Crippen MR) is 78.2 cm³/mol. The normalized spacial score (nSPS) is 9.95. The third kappa shape index (κ3) is 2.65. The second kappa shape index (κ2) is 5.96. The topological polar surface area (TPSA) is 106 Å². The molecule has 0 spiro atoms. The van der Waals surface area contributed by atoms with Gasteiger partial charge in [0.2, 0.25) is 0 Å². The van der Waals surface area contributed by atoms with Crippen LogP contribution in [-0.2, 0) is 4.74 Å². The van der Waals surface area contributed by atoms with Gasteiger partial charge in [-0.1, -0.05) is 6.07 Å². The van der Waals surface area contributed by atoms with Crippen LogP contribution in [0.3, 0.4) is 0 Å². The highest BCUT2D eigenvalue weighted by atomic mass is 16.5. The minimum absolute atomic E-state index is 0.160. The van der Waals surface area contributed by atoms with E-state index in [0.717, 1.165) is 0 Å². The number of benzene rings is 1. The molecule has 1 aromatic heterocycles. The minimum atomic E-state index is -0.564. The number of hydrogen-bond donors (Lipinski definition) is 2. The Labute approximate surface area is 121 Å². The summed E-state index contributed by atoms with van der Waals surface area (Å²) in [5.74, 6) is -0.0526. The van der Waals surface area contributed by atoms with Gasteiger partial charge < -0.3 is 15.8 Å². The standard InChI is InChI=1S/C14H15N5O2/c1-3-17-13-11(14(20)21-2)12(16)19(18-13)10-6-4-5-9(7-10)8-15/h4-7H,3,16H2,1-2H3,(H,17,18). The Balaban J connectivity index is 2.59. The summed E-state index contributed by atoms with van der Waals surface area (Å²) in [7, 11) is 1.28. The van der Waals surface area contributed by atoms with Crippen molar-refractivity contribution in [3.8, 4) is 11.8 Å². The van der Waals surface area contributed by atoms with E-state index < -0.39 is 5.97 Å². The number of nitrogens with two attached hydrogens (primary N) is 1. The molecule has 0 amide bonds. The number of carbonyl (C=O) groups excluding carboxylic acids is 1. The molecule has 1 heterocycles. The molecular formula is C14H15N5O2. The predicted octanol–water partition coefficient (Wildman–Crippen LogP) is 1.54. The van der Waals surface area contributed by atoms with Crippen LogP contribution in [0.25, 0.3) is 5.69 Å². The van der Waals surface area contributed by atoms with Crippen molar-refractivity contribution in [3.63, 3.8) is 0 Å². The van der Waals surface area contributed by atoms with Crippen LogP contribution in [0.15, 0.2) is 24.3 Å². The number of rotatable bonds is 4. The number of esters is 1. The number of anilines is 2. The molecule has 108 valence electrons. The van der Waals surface area contributed by atoms with Gasteiger partial charge in [-0.15, -0.1) is 5.10 Å². The zero-order chi connectivity index (χ0) is 15.4. The van der Waals surface area contributed by atoms with E-state index in [1.54, 1.807) is 24.3 Å². The quantitative estimate of drug-likeness (QED) is 0.825. The zero-order valence-corrected chi connectivity index (χ0v) is 11.8. The molecule has 0 saturated carbocycles. The molecule has 0 radical (unpaired) electrons. The molecule has 1 aromatic carbocycles. The third-order valence-electron chi connectivity index (χ3n) is 2.87. The second-order valence-electron chi connectivity index (χ2n) is 4.20. The maximum absolute atomic E-state index is 11.8. The summed E-state index contributed by atoms with van der Waals surface area (Å²) in [4.78, 5) is 11.8. The molecule has 7 heteroatoms. The number of methoxy groups -OCH3 is 1. The first-order valence-corrected chi connectivity index (χ1v) is 6.33. The van der Waals surface area contributed by atoms with Crippen molar-refractivity contribution in [3.05, 3.63) is 35.4 Å². The lowest BCUT2D eigenvalue weighted by Gasteiger charge is -2.04. The average molecular weight is 285 g/mol.